The Morgan fingerprint density at radius 2 is 2.00 bits per heavy atom. The highest BCUT2D eigenvalue weighted by molar-refractivity contribution is 9.10. The number of rotatable bonds is 5. The van der Waals surface area contributed by atoms with Gasteiger partial charge in [-0.3, -0.25) is 9.59 Å². The average Bonchev–Trinajstić information content (AvgIpc) is 2.96. The summed E-state index contributed by atoms with van der Waals surface area (Å²) in [7, 11) is 1.57. The predicted molar refractivity (Wildman–Crippen MR) is 106 cm³/mol. The summed E-state index contributed by atoms with van der Waals surface area (Å²) in [5.41, 5.74) is 0.450. The SMILES string of the molecule is COCCCN1C(=O)c2oc3ccc(Br)cc3c(=O)c2C1c1ccccc1F. The fourth-order valence-electron chi connectivity index (χ4n) is 3.62. The smallest absolute Gasteiger partial charge is 0.290 e. The number of fused-ring (bicyclic) bond motifs is 2. The highest BCUT2D eigenvalue weighted by Gasteiger charge is 2.43. The van der Waals surface area contributed by atoms with Gasteiger partial charge < -0.3 is 14.1 Å². The van der Waals surface area contributed by atoms with Crippen molar-refractivity contribution in [2.75, 3.05) is 20.3 Å². The number of halogens is 2. The minimum atomic E-state index is -0.833. The van der Waals surface area contributed by atoms with Crippen LogP contribution in [0.3, 0.4) is 0 Å². The van der Waals surface area contributed by atoms with Crippen molar-refractivity contribution < 1.29 is 18.3 Å². The van der Waals surface area contributed by atoms with E-state index >= 15 is 0 Å². The van der Waals surface area contributed by atoms with Crippen molar-refractivity contribution in [1.29, 1.82) is 0 Å². The Labute approximate surface area is 168 Å². The number of methoxy groups -OCH3 is 1. The third-order valence-electron chi connectivity index (χ3n) is 4.88. The van der Waals surface area contributed by atoms with Crippen LogP contribution < -0.4 is 5.43 Å². The summed E-state index contributed by atoms with van der Waals surface area (Å²) >= 11 is 3.35. The second-order valence-electron chi connectivity index (χ2n) is 6.58. The molecule has 1 unspecified atom stereocenters. The molecule has 0 radical (unpaired) electrons. The molecule has 1 aliphatic heterocycles. The maximum absolute atomic E-state index is 14.6. The van der Waals surface area contributed by atoms with E-state index in [1.165, 1.54) is 11.0 Å². The largest absolute Gasteiger partial charge is 0.450 e. The first-order valence-corrected chi connectivity index (χ1v) is 9.63. The summed E-state index contributed by atoms with van der Waals surface area (Å²) in [5, 5.41) is 0.348. The summed E-state index contributed by atoms with van der Waals surface area (Å²) in [5.74, 6) is -0.912. The van der Waals surface area contributed by atoms with Crippen molar-refractivity contribution in [3.8, 4) is 0 Å². The average molecular weight is 446 g/mol. The molecular formula is C21H17BrFNO4. The maximum atomic E-state index is 14.6. The summed E-state index contributed by atoms with van der Waals surface area (Å²) in [6, 6.07) is 10.4. The molecule has 4 rings (SSSR count). The fourth-order valence-corrected chi connectivity index (χ4v) is 3.98. The van der Waals surface area contributed by atoms with Gasteiger partial charge in [-0.2, -0.15) is 0 Å². The Morgan fingerprint density at radius 1 is 1.21 bits per heavy atom. The van der Waals surface area contributed by atoms with Gasteiger partial charge >= 0.3 is 0 Å². The van der Waals surface area contributed by atoms with Crippen LogP contribution in [0, 0.1) is 5.82 Å². The Bertz CT molecular complexity index is 1130. The van der Waals surface area contributed by atoms with Gasteiger partial charge in [0.1, 0.15) is 11.4 Å². The molecule has 1 amide bonds. The van der Waals surface area contributed by atoms with Crippen molar-refractivity contribution in [2.45, 2.75) is 12.5 Å². The highest BCUT2D eigenvalue weighted by Crippen LogP contribution is 2.39. The Kier molecular flexibility index (Phi) is 5.03. The van der Waals surface area contributed by atoms with Gasteiger partial charge in [0.25, 0.3) is 5.91 Å². The van der Waals surface area contributed by atoms with Gasteiger partial charge in [-0.05, 0) is 30.7 Å². The van der Waals surface area contributed by atoms with Crippen LogP contribution in [0.25, 0.3) is 11.0 Å². The minimum absolute atomic E-state index is 0.0227. The van der Waals surface area contributed by atoms with Gasteiger partial charge in [0.15, 0.2) is 5.43 Å². The standard InChI is InChI=1S/C21H17BrFNO4/c1-27-10-4-9-24-18(13-5-2-3-6-15(13)23)17-19(25)14-11-12(22)7-8-16(14)28-20(17)21(24)26/h2-3,5-8,11,18H,4,9-10H2,1H3. The molecule has 0 spiro atoms. The molecule has 1 aromatic heterocycles. The number of amides is 1. The lowest BCUT2D eigenvalue weighted by Gasteiger charge is -2.25. The number of hydrogen-bond acceptors (Lipinski definition) is 4. The molecule has 0 aliphatic carbocycles. The van der Waals surface area contributed by atoms with E-state index in [0.29, 0.717) is 30.5 Å². The molecule has 28 heavy (non-hydrogen) atoms. The van der Waals surface area contributed by atoms with Crippen LogP contribution in [0.5, 0.6) is 0 Å². The maximum Gasteiger partial charge on any atom is 0.290 e. The van der Waals surface area contributed by atoms with Crippen LogP contribution in [0.4, 0.5) is 4.39 Å². The van der Waals surface area contributed by atoms with E-state index in [2.05, 4.69) is 15.9 Å². The summed E-state index contributed by atoms with van der Waals surface area (Å²) < 4.78 is 26.2. The molecule has 144 valence electrons. The highest BCUT2D eigenvalue weighted by atomic mass is 79.9. The Morgan fingerprint density at radius 3 is 2.75 bits per heavy atom. The van der Waals surface area contributed by atoms with E-state index in [4.69, 9.17) is 9.15 Å². The van der Waals surface area contributed by atoms with Crippen molar-refractivity contribution >= 4 is 32.8 Å². The Hall–Kier alpha value is -2.51. The first-order valence-electron chi connectivity index (χ1n) is 8.83. The van der Waals surface area contributed by atoms with E-state index in [9.17, 15) is 14.0 Å². The first-order chi connectivity index (χ1) is 13.5. The number of hydrogen-bond donors (Lipinski definition) is 0. The molecule has 5 nitrogen and oxygen atoms in total. The van der Waals surface area contributed by atoms with E-state index in [-0.39, 0.29) is 22.3 Å². The summed E-state index contributed by atoms with van der Waals surface area (Å²) in [4.78, 5) is 27.8. The van der Waals surface area contributed by atoms with Crippen LogP contribution in [-0.2, 0) is 4.74 Å². The number of benzene rings is 2. The third kappa shape index (κ3) is 3.04. The summed E-state index contributed by atoms with van der Waals surface area (Å²) in [6.45, 7) is 0.760. The predicted octanol–water partition coefficient (Wildman–Crippen LogP) is 4.28. The number of ether oxygens (including phenoxy) is 1. The van der Waals surface area contributed by atoms with Crippen LogP contribution in [0.2, 0.25) is 0 Å². The van der Waals surface area contributed by atoms with Gasteiger partial charge in [-0.1, -0.05) is 34.1 Å². The number of nitrogens with zero attached hydrogens (tertiary/aromatic N) is 1. The lowest BCUT2D eigenvalue weighted by atomic mass is 9.98. The van der Waals surface area contributed by atoms with Gasteiger partial charge in [0, 0.05) is 30.3 Å². The van der Waals surface area contributed by atoms with E-state index in [0.717, 1.165) is 4.47 Å². The minimum Gasteiger partial charge on any atom is -0.450 e. The topological polar surface area (TPSA) is 59.8 Å². The number of carbonyl (C=O) groups excluding carboxylic acids is 1. The molecule has 0 N–H and O–H groups in total. The normalized spacial score (nSPS) is 16.0. The monoisotopic (exact) mass is 445 g/mol. The molecule has 3 aromatic rings. The van der Waals surface area contributed by atoms with Crippen molar-refractivity contribution in [1.82, 2.24) is 4.90 Å². The quantitative estimate of drug-likeness (QED) is 0.550. The van der Waals surface area contributed by atoms with Crippen LogP contribution in [0.1, 0.15) is 34.1 Å². The van der Waals surface area contributed by atoms with Gasteiger partial charge in [0.05, 0.1) is 17.0 Å². The van der Waals surface area contributed by atoms with Gasteiger partial charge in [-0.25, -0.2) is 4.39 Å². The van der Waals surface area contributed by atoms with E-state index in [1.807, 2.05) is 0 Å². The van der Waals surface area contributed by atoms with Crippen LogP contribution in [0.15, 0.2) is 56.1 Å². The van der Waals surface area contributed by atoms with E-state index in [1.54, 1.807) is 43.5 Å². The zero-order chi connectivity index (χ0) is 19.8. The van der Waals surface area contributed by atoms with Crippen LogP contribution >= 0.6 is 15.9 Å². The molecule has 2 aromatic carbocycles. The molecule has 1 aliphatic rings. The third-order valence-corrected chi connectivity index (χ3v) is 5.37. The molecule has 0 saturated heterocycles. The summed E-state index contributed by atoms with van der Waals surface area (Å²) in [6.07, 6.45) is 0.556. The zero-order valence-corrected chi connectivity index (χ0v) is 16.7. The molecule has 0 bridgehead atoms. The van der Waals surface area contributed by atoms with Crippen molar-refractivity contribution in [2.24, 2.45) is 0 Å². The molecule has 0 fully saturated rings. The number of carbonyl (C=O) groups is 1. The Balaban J connectivity index is 1.95. The second-order valence-corrected chi connectivity index (χ2v) is 7.50. The molecule has 7 heteroatoms. The fraction of sp³-hybridized carbons (Fsp3) is 0.238. The molecule has 1 atom stereocenters. The first kappa shape index (κ1) is 18.8. The molecule has 0 saturated carbocycles. The zero-order valence-electron chi connectivity index (χ0n) is 15.1. The van der Waals surface area contributed by atoms with Crippen molar-refractivity contribution in [3.05, 3.63) is 79.9 Å². The molecular weight excluding hydrogens is 429 g/mol. The van der Waals surface area contributed by atoms with Crippen molar-refractivity contribution in [3.63, 3.8) is 0 Å². The lowest BCUT2D eigenvalue weighted by molar-refractivity contribution is 0.0706. The second kappa shape index (κ2) is 7.48. The molecule has 2 heterocycles. The van der Waals surface area contributed by atoms with Crippen LogP contribution in [-0.4, -0.2) is 31.1 Å². The van der Waals surface area contributed by atoms with Gasteiger partial charge in [-0.15, -0.1) is 0 Å². The lowest BCUT2D eigenvalue weighted by Crippen LogP contribution is -2.31. The van der Waals surface area contributed by atoms with E-state index < -0.39 is 17.8 Å². The van der Waals surface area contributed by atoms with Gasteiger partial charge in [0.2, 0.25) is 5.76 Å².